The van der Waals surface area contributed by atoms with E-state index in [-0.39, 0.29) is 12.4 Å². The van der Waals surface area contributed by atoms with Gasteiger partial charge in [-0.2, -0.15) is 0 Å². The number of carbonyl (C=O) groups is 2. The molecule has 0 fully saturated rings. The zero-order chi connectivity index (χ0) is 20.3. The van der Waals surface area contributed by atoms with Crippen LogP contribution < -0.4 is 4.31 Å². The highest BCUT2D eigenvalue weighted by Crippen LogP contribution is 2.30. The number of benzene rings is 2. The minimum absolute atomic E-state index is 0.335. The van der Waals surface area contributed by atoms with Gasteiger partial charge in [0, 0.05) is 18.2 Å². The average molecular weight is 399 g/mol. The van der Waals surface area contributed by atoms with E-state index in [2.05, 4.69) is 0 Å². The lowest BCUT2D eigenvalue weighted by Crippen LogP contribution is -2.27. The summed E-state index contributed by atoms with van der Waals surface area (Å²) >= 11 is 0. The molecule has 0 N–H and O–H groups in total. The number of ether oxygens (including phenoxy) is 1. The highest BCUT2D eigenvalue weighted by Gasteiger charge is 2.26. The highest BCUT2D eigenvalue weighted by atomic mass is 32.2. The number of rotatable bonds is 6. The van der Waals surface area contributed by atoms with E-state index in [9.17, 15) is 18.0 Å². The molecule has 0 aromatic heterocycles. The van der Waals surface area contributed by atoms with Crippen LogP contribution in [0.2, 0.25) is 0 Å². The number of Topliss-reactive ketones (excluding diaryl/α,β-unsaturated/α-hetero) is 1. The first-order chi connectivity index (χ1) is 13.2. The standard InChI is InChI=1S/C21H21NO5S/c1-15-3-5-16(6-4-15)7-10-21(24)27-14-20(23)18-8-9-19-17(13-18)11-12-22(19)28(2,25)26/h3-10,13H,11-12,14H2,1-2H3/b10-7+. The lowest BCUT2D eigenvalue weighted by Gasteiger charge is -2.16. The summed E-state index contributed by atoms with van der Waals surface area (Å²) in [7, 11) is -3.33. The number of ketones is 1. The maximum absolute atomic E-state index is 12.3. The van der Waals surface area contributed by atoms with E-state index in [1.807, 2.05) is 31.2 Å². The Morgan fingerprint density at radius 1 is 1.14 bits per heavy atom. The normalized spacial score (nSPS) is 13.6. The first kappa shape index (κ1) is 19.8. The maximum atomic E-state index is 12.3. The second kappa shape index (κ2) is 7.98. The Morgan fingerprint density at radius 3 is 2.54 bits per heavy atom. The summed E-state index contributed by atoms with van der Waals surface area (Å²) in [5.41, 5.74) is 3.77. The van der Waals surface area contributed by atoms with Gasteiger partial charge in [-0.3, -0.25) is 9.10 Å². The van der Waals surface area contributed by atoms with Crippen molar-refractivity contribution < 1.29 is 22.7 Å². The second-order valence-corrected chi connectivity index (χ2v) is 8.61. The molecule has 2 aromatic carbocycles. The van der Waals surface area contributed by atoms with Crippen LogP contribution in [0.5, 0.6) is 0 Å². The third kappa shape index (κ3) is 4.67. The first-order valence-corrected chi connectivity index (χ1v) is 10.6. The molecule has 28 heavy (non-hydrogen) atoms. The second-order valence-electron chi connectivity index (χ2n) is 6.70. The summed E-state index contributed by atoms with van der Waals surface area (Å²) in [4.78, 5) is 24.1. The number of carbonyl (C=O) groups excluding carboxylic acids is 2. The molecule has 1 aliphatic heterocycles. The molecule has 2 aromatic rings. The van der Waals surface area contributed by atoms with Gasteiger partial charge < -0.3 is 4.74 Å². The molecule has 0 unspecified atom stereocenters. The third-order valence-electron chi connectivity index (χ3n) is 4.49. The molecule has 0 saturated carbocycles. The van der Waals surface area contributed by atoms with Crippen LogP contribution in [0, 0.1) is 6.92 Å². The number of anilines is 1. The fourth-order valence-electron chi connectivity index (χ4n) is 3.00. The van der Waals surface area contributed by atoms with Crippen LogP contribution >= 0.6 is 0 Å². The molecule has 146 valence electrons. The van der Waals surface area contributed by atoms with E-state index in [4.69, 9.17) is 4.74 Å². The highest BCUT2D eigenvalue weighted by molar-refractivity contribution is 7.92. The maximum Gasteiger partial charge on any atom is 0.331 e. The molecule has 0 aliphatic carbocycles. The van der Waals surface area contributed by atoms with Gasteiger partial charge >= 0.3 is 5.97 Å². The van der Waals surface area contributed by atoms with Crippen molar-refractivity contribution in [3.63, 3.8) is 0 Å². The molecule has 1 aliphatic rings. The van der Waals surface area contributed by atoms with Gasteiger partial charge in [-0.25, -0.2) is 13.2 Å². The Morgan fingerprint density at radius 2 is 1.86 bits per heavy atom. The molecule has 3 rings (SSSR count). The van der Waals surface area contributed by atoms with Crippen molar-refractivity contribution in [1.29, 1.82) is 0 Å². The van der Waals surface area contributed by atoms with Crippen molar-refractivity contribution in [3.8, 4) is 0 Å². The fraction of sp³-hybridized carbons (Fsp3) is 0.238. The van der Waals surface area contributed by atoms with Crippen LogP contribution in [0.25, 0.3) is 6.08 Å². The van der Waals surface area contributed by atoms with Crippen molar-refractivity contribution in [3.05, 3.63) is 70.8 Å². The quantitative estimate of drug-likeness (QED) is 0.424. The zero-order valence-corrected chi connectivity index (χ0v) is 16.5. The summed E-state index contributed by atoms with van der Waals surface area (Å²) in [6.07, 6.45) is 4.61. The summed E-state index contributed by atoms with van der Waals surface area (Å²) < 4.78 is 29.9. The van der Waals surface area contributed by atoms with E-state index >= 15 is 0 Å². The Balaban J connectivity index is 1.59. The van der Waals surface area contributed by atoms with E-state index in [1.54, 1.807) is 24.3 Å². The minimum Gasteiger partial charge on any atom is -0.454 e. The Labute approximate surface area is 164 Å². The monoisotopic (exact) mass is 399 g/mol. The summed E-state index contributed by atoms with van der Waals surface area (Å²) in [6.45, 7) is 1.97. The van der Waals surface area contributed by atoms with Crippen LogP contribution in [0.15, 0.2) is 48.5 Å². The van der Waals surface area contributed by atoms with Crippen molar-refractivity contribution in [2.75, 3.05) is 23.7 Å². The molecule has 0 atom stereocenters. The molecule has 0 radical (unpaired) electrons. The molecule has 0 bridgehead atoms. The lowest BCUT2D eigenvalue weighted by molar-refractivity contribution is -0.136. The molecule has 7 heteroatoms. The minimum atomic E-state index is -3.33. The summed E-state index contributed by atoms with van der Waals surface area (Å²) in [6, 6.07) is 12.5. The van der Waals surface area contributed by atoms with Gasteiger partial charge in [0.1, 0.15) is 0 Å². The van der Waals surface area contributed by atoms with Gasteiger partial charge in [-0.05, 0) is 48.7 Å². The van der Waals surface area contributed by atoms with Gasteiger partial charge in [-0.15, -0.1) is 0 Å². The van der Waals surface area contributed by atoms with Gasteiger partial charge in [-0.1, -0.05) is 29.8 Å². The molecule has 0 amide bonds. The largest absolute Gasteiger partial charge is 0.454 e. The fourth-order valence-corrected chi connectivity index (χ4v) is 3.96. The van der Waals surface area contributed by atoms with Gasteiger partial charge in [0.15, 0.2) is 12.4 Å². The molecular formula is C21H21NO5S. The van der Waals surface area contributed by atoms with Gasteiger partial charge in [0.05, 0.1) is 11.9 Å². The first-order valence-electron chi connectivity index (χ1n) is 8.79. The molecule has 0 saturated heterocycles. The predicted molar refractivity (Wildman–Crippen MR) is 108 cm³/mol. The molecule has 6 nitrogen and oxygen atoms in total. The number of esters is 1. The number of hydrogen-bond acceptors (Lipinski definition) is 5. The number of fused-ring (bicyclic) bond motifs is 1. The lowest BCUT2D eigenvalue weighted by atomic mass is 10.1. The topological polar surface area (TPSA) is 80.8 Å². The third-order valence-corrected chi connectivity index (χ3v) is 5.67. The van der Waals surface area contributed by atoms with Crippen molar-refractivity contribution in [1.82, 2.24) is 0 Å². The van der Waals surface area contributed by atoms with Crippen molar-refractivity contribution >= 4 is 33.5 Å². The Hall–Kier alpha value is -2.93. The average Bonchev–Trinajstić information content (AvgIpc) is 3.09. The molecule has 1 heterocycles. The van der Waals surface area contributed by atoms with Crippen LogP contribution in [0.4, 0.5) is 5.69 Å². The Kier molecular flexibility index (Phi) is 5.65. The number of hydrogen-bond donors (Lipinski definition) is 0. The number of sulfonamides is 1. The van der Waals surface area contributed by atoms with E-state index in [0.29, 0.717) is 24.2 Å². The number of aryl methyl sites for hydroxylation is 1. The molecular weight excluding hydrogens is 378 g/mol. The van der Waals surface area contributed by atoms with Crippen LogP contribution in [-0.2, 0) is 26.0 Å². The van der Waals surface area contributed by atoms with E-state index in [1.165, 1.54) is 10.4 Å². The van der Waals surface area contributed by atoms with Crippen LogP contribution in [0.3, 0.4) is 0 Å². The van der Waals surface area contributed by atoms with E-state index < -0.39 is 16.0 Å². The SMILES string of the molecule is Cc1ccc(/C=C/C(=O)OCC(=O)c2ccc3c(c2)CCN3S(C)(=O)=O)cc1. The predicted octanol–water partition coefficient (Wildman–Crippen LogP) is 2.76. The Bertz CT molecular complexity index is 1040. The van der Waals surface area contributed by atoms with Crippen LogP contribution in [-0.4, -0.2) is 39.6 Å². The summed E-state index contributed by atoms with van der Waals surface area (Å²) in [5, 5.41) is 0. The zero-order valence-electron chi connectivity index (χ0n) is 15.7. The smallest absolute Gasteiger partial charge is 0.331 e. The van der Waals surface area contributed by atoms with Gasteiger partial charge in [0.2, 0.25) is 10.0 Å². The van der Waals surface area contributed by atoms with E-state index in [0.717, 1.165) is 22.9 Å². The summed E-state index contributed by atoms with van der Waals surface area (Å²) in [5.74, 6) is -0.934. The van der Waals surface area contributed by atoms with Crippen molar-refractivity contribution in [2.24, 2.45) is 0 Å². The number of nitrogens with zero attached hydrogens (tertiary/aromatic N) is 1. The molecule has 0 spiro atoms. The van der Waals surface area contributed by atoms with Crippen LogP contribution in [0.1, 0.15) is 27.0 Å². The van der Waals surface area contributed by atoms with Crippen molar-refractivity contribution in [2.45, 2.75) is 13.3 Å². The van der Waals surface area contributed by atoms with Gasteiger partial charge in [0.25, 0.3) is 0 Å².